The molecule has 3 aromatic rings. The Labute approximate surface area is 176 Å². The first-order valence-corrected chi connectivity index (χ1v) is 10.4. The van der Waals surface area contributed by atoms with Crippen LogP contribution in [0.5, 0.6) is 5.75 Å². The molecule has 4 rings (SSSR count). The first-order valence-electron chi connectivity index (χ1n) is 10.4. The molecule has 0 bridgehead atoms. The van der Waals surface area contributed by atoms with Crippen molar-refractivity contribution in [2.24, 2.45) is 0 Å². The van der Waals surface area contributed by atoms with Gasteiger partial charge in [-0.2, -0.15) is 0 Å². The minimum Gasteiger partial charge on any atom is -0.494 e. The largest absolute Gasteiger partial charge is 0.494 e. The number of esters is 1. The molecular formula is C24H27N3O3. The second-order valence-corrected chi connectivity index (χ2v) is 7.73. The Kier molecular flexibility index (Phi) is 5.48. The summed E-state index contributed by atoms with van der Waals surface area (Å²) in [7, 11) is 0. The molecule has 0 amide bonds. The highest BCUT2D eigenvalue weighted by molar-refractivity contribution is 5.94. The van der Waals surface area contributed by atoms with Gasteiger partial charge in [0, 0.05) is 5.70 Å². The van der Waals surface area contributed by atoms with Crippen LogP contribution in [0.15, 0.2) is 59.8 Å². The zero-order valence-corrected chi connectivity index (χ0v) is 17.8. The van der Waals surface area contributed by atoms with Crippen molar-refractivity contribution in [1.29, 1.82) is 0 Å². The van der Waals surface area contributed by atoms with Gasteiger partial charge in [0.15, 0.2) is 0 Å². The molecule has 1 N–H and O–H groups in total. The number of hydrogen-bond donors (Lipinski definition) is 1. The van der Waals surface area contributed by atoms with Crippen LogP contribution >= 0.6 is 0 Å². The molecule has 0 saturated carbocycles. The van der Waals surface area contributed by atoms with E-state index in [0.717, 1.165) is 34.5 Å². The number of para-hydroxylation sites is 2. The van der Waals surface area contributed by atoms with E-state index in [9.17, 15) is 4.79 Å². The monoisotopic (exact) mass is 405 g/mol. The van der Waals surface area contributed by atoms with Crippen LogP contribution in [-0.4, -0.2) is 28.2 Å². The molecular weight excluding hydrogens is 378 g/mol. The second-order valence-electron chi connectivity index (χ2n) is 7.73. The topological polar surface area (TPSA) is 65.4 Å². The third-order valence-corrected chi connectivity index (χ3v) is 5.06. The lowest BCUT2D eigenvalue weighted by Crippen LogP contribution is -2.29. The lowest BCUT2D eigenvalue weighted by Gasteiger charge is -2.30. The van der Waals surface area contributed by atoms with Crippen LogP contribution in [0.4, 0.5) is 5.95 Å². The van der Waals surface area contributed by atoms with E-state index < -0.39 is 0 Å². The van der Waals surface area contributed by atoms with Gasteiger partial charge in [-0.15, -0.1) is 0 Å². The molecule has 0 saturated heterocycles. The molecule has 156 valence electrons. The van der Waals surface area contributed by atoms with Crippen molar-refractivity contribution >= 4 is 23.0 Å². The van der Waals surface area contributed by atoms with Gasteiger partial charge in [-0.3, -0.25) is 4.57 Å². The van der Waals surface area contributed by atoms with Gasteiger partial charge in [0.25, 0.3) is 0 Å². The van der Waals surface area contributed by atoms with Crippen molar-refractivity contribution < 1.29 is 14.3 Å². The fraction of sp³-hybridized carbons (Fsp3) is 0.333. The third-order valence-electron chi connectivity index (χ3n) is 5.06. The maximum Gasteiger partial charge on any atom is 0.338 e. The summed E-state index contributed by atoms with van der Waals surface area (Å²) in [6, 6.07) is 15.5. The van der Waals surface area contributed by atoms with E-state index in [2.05, 4.69) is 16.8 Å². The van der Waals surface area contributed by atoms with Crippen molar-refractivity contribution in [3.05, 3.63) is 65.4 Å². The molecule has 6 nitrogen and oxygen atoms in total. The number of fused-ring (bicyclic) bond motifs is 3. The first-order chi connectivity index (χ1) is 14.5. The lowest BCUT2D eigenvalue weighted by atomic mass is 9.95. The van der Waals surface area contributed by atoms with Gasteiger partial charge in [-0.05, 0) is 57.0 Å². The number of carbonyl (C=O) groups is 1. The maximum absolute atomic E-state index is 13.1. The number of nitrogens with zero attached hydrogens (tertiary/aromatic N) is 2. The summed E-state index contributed by atoms with van der Waals surface area (Å²) in [4.78, 5) is 17.8. The number of aromatic nitrogens is 2. The van der Waals surface area contributed by atoms with E-state index in [0.29, 0.717) is 18.1 Å². The number of nitrogens with one attached hydrogen (secondary N) is 1. The highest BCUT2D eigenvalue weighted by atomic mass is 16.5. The lowest BCUT2D eigenvalue weighted by molar-refractivity contribution is -0.143. The Morgan fingerprint density at radius 3 is 2.60 bits per heavy atom. The van der Waals surface area contributed by atoms with Crippen LogP contribution in [0.25, 0.3) is 11.0 Å². The minimum atomic E-state index is -0.347. The number of benzene rings is 2. The number of ether oxygens (including phenoxy) is 2. The van der Waals surface area contributed by atoms with Crippen molar-refractivity contribution in [2.75, 3.05) is 11.9 Å². The van der Waals surface area contributed by atoms with Crippen LogP contribution in [-0.2, 0) is 9.53 Å². The SMILES string of the molecule is CCCOc1ccc(C2C(C(=O)OC(C)C)=C(C)Nc3nc4ccccc4n32)cc1. The molecule has 0 radical (unpaired) electrons. The molecule has 0 aliphatic carbocycles. The molecule has 1 unspecified atom stereocenters. The second kappa shape index (κ2) is 8.22. The summed E-state index contributed by atoms with van der Waals surface area (Å²) in [6.07, 6.45) is 0.747. The summed E-state index contributed by atoms with van der Waals surface area (Å²) in [5.41, 5.74) is 4.14. The summed E-state index contributed by atoms with van der Waals surface area (Å²) < 4.78 is 13.4. The highest BCUT2D eigenvalue weighted by Gasteiger charge is 2.35. The summed E-state index contributed by atoms with van der Waals surface area (Å²) in [5, 5.41) is 3.30. The number of anilines is 1. The average molecular weight is 405 g/mol. The molecule has 1 aliphatic heterocycles. The van der Waals surface area contributed by atoms with Gasteiger partial charge in [0.05, 0.1) is 35.4 Å². The Hall–Kier alpha value is -3.28. The normalized spacial score (nSPS) is 15.8. The molecule has 1 atom stereocenters. The smallest absolute Gasteiger partial charge is 0.338 e. The fourth-order valence-electron chi connectivity index (χ4n) is 3.79. The first kappa shape index (κ1) is 20.0. The van der Waals surface area contributed by atoms with E-state index in [1.165, 1.54) is 0 Å². The Morgan fingerprint density at radius 2 is 1.90 bits per heavy atom. The van der Waals surface area contributed by atoms with Crippen LogP contribution in [0.1, 0.15) is 45.7 Å². The standard InChI is InChI=1S/C24H27N3O3/c1-5-14-29-18-12-10-17(11-13-18)22-21(23(28)30-15(2)3)16(4)25-24-26-19-8-6-7-9-20(19)27(22)24/h6-13,15,22H,5,14H2,1-4H3,(H,25,26). The Morgan fingerprint density at radius 1 is 1.17 bits per heavy atom. The van der Waals surface area contributed by atoms with E-state index in [1.807, 2.05) is 69.3 Å². The van der Waals surface area contributed by atoms with Crippen LogP contribution in [0, 0.1) is 0 Å². The molecule has 6 heteroatoms. The molecule has 1 aromatic heterocycles. The molecule has 30 heavy (non-hydrogen) atoms. The number of rotatable bonds is 6. The zero-order chi connectivity index (χ0) is 21.3. The molecule has 0 spiro atoms. The number of imidazole rings is 1. The van der Waals surface area contributed by atoms with Gasteiger partial charge < -0.3 is 14.8 Å². The number of carbonyl (C=O) groups excluding carboxylic acids is 1. The van der Waals surface area contributed by atoms with Gasteiger partial charge >= 0.3 is 5.97 Å². The highest BCUT2D eigenvalue weighted by Crippen LogP contribution is 2.40. The summed E-state index contributed by atoms with van der Waals surface area (Å²) >= 11 is 0. The third kappa shape index (κ3) is 3.65. The Bertz CT molecular complexity index is 1100. The van der Waals surface area contributed by atoms with Crippen molar-refractivity contribution in [1.82, 2.24) is 9.55 Å². The minimum absolute atomic E-state index is 0.204. The summed E-state index contributed by atoms with van der Waals surface area (Å²) in [5.74, 6) is 1.21. The van der Waals surface area contributed by atoms with Gasteiger partial charge in [-0.25, -0.2) is 9.78 Å². The van der Waals surface area contributed by atoms with Crippen molar-refractivity contribution in [2.45, 2.75) is 46.3 Å². The maximum atomic E-state index is 13.1. The van der Waals surface area contributed by atoms with Gasteiger partial charge in [0.1, 0.15) is 5.75 Å². The number of allylic oxidation sites excluding steroid dienone is 1. The van der Waals surface area contributed by atoms with Gasteiger partial charge in [-0.1, -0.05) is 31.2 Å². The predicted octanol–water partition coefficient (Wildman–Crippen LogP) is 5.07. The molecule has 2 aromatic carbocycles. The Balaban J connectivity index is 1.85. The average Bonchev–Trinajstić information content (AvgIpc) is 3.09. The van der Waals surface area contributed by atoms with Gasteiger partial charge in [0.2, 0.25) is 5.95 Å². The van der Waals surface area contributed by atoms with Crippen LogP contribution in [0.2, 0.25) is 0 Å². The van der Waals surface area contributed by atoms with E-state index in [-0.39, 0.29) is 18.1 Å². The van der Waals surface area contributed by atoms with Crippen LogP contribution < -0.4 is 10.1 Å². The van der Waals surface area contributed by atoms with Crippen molar-refractivity contribution in [3.8, 4) is 5.75 Å². The molecule has 0 fully saturated rings. The quantitative estimate of drug-likeness (QED) is 0.580. The predicted molar refractivity (Wildman–Crippen MR) is 118 cm³/mol. The van der Waals surface area contributed by atoms with E-state index >= 15 is 0 Å². The van der Waals surface area contributed by atoms with E-state index in [4.69, 9.17) is 14.5 Å². The van der Waals surface area contributed by atoms with Crippen molar-refractivity contribution in [3.63, 3.8) is 0 Å². The zero-order valence-electron chi connectivity index (χ0n) is 17.8. The summed E-state index contributed by atoms with van der Waals surface area (Å²) in [6.45, 7) is 8.36. The number of hydrogen-bond acceptors (Lipinski definition) is 5. The molecule has 2 heterocycles. The fourth-order valence-corrected chi connectivity index (χ4v) is 3.79. The van der Waals surface area contributed by atoms with E-state index in [1.54, 1.807) is 0 Å². The molecule has 1 aliphatic rings. The van der Waals surface area contributed by atoms with Crippen LogP contribution in [0.3, 0.4) is 0 Å².